The highest BCUT2D eigenvalue weighted by Crippen LogP contribution is 2.45. The maximum absolute atomic E-state index is 9.33. The Morgan fingerprint density at radius 1 is 0.917 bits per heavy atom. The van der Waals surface area contributed by atoms with Crippen LogP contribution >= 0.6 is 0 Å². The van der Waals surface area contributed by atoms with Crippen LogP contribution in [0.2, 0.25) is 0 Å². The van der Waals surface area contributed by atoms with Crippen LogP contribution in [0.5, 0.6) is 0 Å². The molecule has 7 rings (SSSR count). The summed E-state index contributed by atoms with van der Waals surface area (Å²) < 4.78 is 4.33. The van der Waals surface area contributed by atoms with Gasteiger partial charge in [-0.05, 0) is 72.9 Å². The van der Waals surface area contributed by atoms with E-state index < -0.39 is 0 Å². The number of rotatable bonds is 4. The smallest absolute Gasteiger partial charge is 0.0991 e. The molecule has 0 aliphatic heterocycles. The SMILES string of the molecule is Cn1ncc2cc(-c3ncc4c(ccn4CC4CC5CCC(C5)C4)c3-c3ccc(C#N)cc3)ccc21. The summed E-state index contributed by atoms with van der Waals surface area (Å²) in [7, 11) is 1.97. The van der Waals surface area contributed by atoms with E-state index in [0.717, 1.165) is 57.6 Å². The second-order valence-corrected chi connectivity index (χ2v) is 10.9. The molecule has 2 aromatic carbocycles. The minimum Gasteiger partial charge on any atom is -0.346 e. The fourth-order valence-electron chi connectivity index (χ4n) is 6.92. The van der Waals surface area contributed by atoms with Gasteiger partial charge in [0.2, 0.25) is 0 Å². The van der Waals surface area contributed by atoms with E-state index in [9.17, 15) is 5.26 Å². The van der Waals surface area contributed by atoms with E-state index in [4.69, 9.17) is 4.98 Å². The molecule has 0 amide bonds. The number of aromatic nitrogens is 4. The van der Waals surface area contributed by atoms with Gasteiger partial charge in [0.1, 0.15) is 0 Å². The van der Waals surface area contributed by atoms with Crippen LogP contribution in [-0.4, -0.2) is 19.3 Å². The maximum Gasteiger partial charge on any atom is 0.0991 e. The number of aryl methyl sites for hydroxylation is 1. The lowest BCUT2D eigenvalue weighted by Gasteiger charge is -2.28. The van der Waals surface area contributed by atoms with Crippen LogP contribution in [0.15, 0.2) is 67.1 Å². The highest BCUT2D eigenvalue weighted by Gasteiger charge is 2.34. The summed E-state index contributed by atoms with van der Waals surface area (Å²) >= 11 is 0. The molecule has 0 radical (unpaired) electrons. The topological polar surface area (TPSA) is 59.4 Å². The van der Waals surface area contributed by atoms with Gasteiger partial charge in [-0.2, -0.15) is 10.4 Å². The Hall–Kier alpha value is -3.91. The van der Waals surface area contributed by atoms with E-state index in [1.54, 1.807) is 0 Å². The van der Waals surface area contributed by atoms with Gasteiger partial charge in [-0.15, -0.1) is 0 Å². The van der Waals surface area contributed by atoms with Crippen molar-refractivity contribution in [1.82, 2.24) is 19.3 Å². The van der Waals surface area contributed by atoms with E-state index in [0.29, 0.717) is 5.56 Å². The molecule has 2 aliphatic carbocycles. The lowest BCUT2D eigenvalue weighted by molar-refractivity contribution is 0.239. The van der Waals surface area contributed by atoms with Crippen LogP contribution in [0.3, 0.4) is 0 Å². The average Bonchev–Trinajstić information content (AvgIpc) is 3.60. The average molecular weight is 472 g/mol. The first-order valence-electron chi connectivity index (χ1n) is 13.1. The molecule has 2 saturated carbocycles. The van der Waals surface area contributed by atoms with Crippen LogP contribution < -0.4 is 0 Å². The van der Waals surface area contributed by atoms with Gasteiger partial charge in [0, 0.05) is 41.7 Å². The molecule has 2 aliphatic rings. The molecule has 2 atom stereocenters. The standard InChI is InChI=1S/C31H29N5/c1-35-28-9-8-25(15-26(28)17-34-35)31-30(24-6-4-20(16-32)5-7-24)27-10-11-36(29(27)18-33-31)19-23-13-21-2-3-22(12-21)14-23/h4-11,15,17-18,21-23H,2-3,12-14,19H2,1H3. The Morgan fingerprint density at radius 3 is 2.47 bits per heavy atom. The van der Waals surface area contributed by atoms with E-state index in [2.05, 4.69) is 64.5 Å². The summed E-state index contributed by atoms with van der Waals surface area (Å²) in [4.78, 5) is 5.06. The molecule has 2 unspecified atom stereocenters. The van der Waals surface area contributed by atoms with Crippen LogP contribution in [-0.2, 0) is 13.6 Å². The van der Waals surface area contributed by atoms with Gasteiger partial charge in [0.05, 0.1) is 40.8 Å². The zero-order valence-corrected chi connectivity index (χ0v) is 20.6. The lowest BCUT2D eigenvalue weighted by atomic mass is 9.81. The molecule has 0 spiro atoms. The molecule has 178 valence electrons. The van der Waals surface area contributed by atoms with Crippen molar-refractivity contribution >= 4 is 21.8 Å². The van der Waals surface area contributed by atoms with Crippen molar-refractivity contribution in [2.24, 2.45) is 24.8 Å². The van der Waals surface area contributed by atoms with Crippen molar-refractivity contribution in [3.05, 3.63) is 72.7 Å². The zero-order valence-electron chi connectivity index (χ0n) is 20.6. The van der Waals surface area contributed by atoms with Gasteiger partial charge < -0.3 is 4.57 Å². The number of nitrogens with zero attached hydrogens (tertiary/aromatic N) is 5. The van der Waals surface area contributed by atoms with E-state index in [1.807, 2.05) is 30.1 Å². The van der Waals surface area contributed by atoms with Crippen molar-refractivity contribution in [3.8, 4) is 28.5 Å². The third kappa shape index (κ3) is 3.52. The Bertz CT molecular complexity index is 1620. The highest BCUT2D eigenvalue weighted by atomic mass is 15.2. The predicted molar refractivity (Wildman–Crippen MR) is 143 cm³/mol. The third-order valence-corrected chi connectivity index (χ3v) is 8.59. The van der Waals surface area contributed by atoms with Crippen LogP contribution in [0.25, 0.3) is 44.2 Å². The van der Waals surface area contributed by atoms with Crippen molar-refractivity contribution < 1.29 is 0 Å². The molecule has 5 heteroatoms. The molecule has 36 heavy (non-hydrogen) atoms. The largest absolute Gasteiger partial charge is 0.346 e. The third-order valence-electron chi connectivity index (χ3n) is 8.59. The van der Waals surface area contributed by atoms with Gasteiger partial charge in [0.25, 0.3) is 0 Å². The number of benzene rings is 2. The van der Waals surface area contributed by atoms with Crippen LogP contribution in [0.1, 0.15) is 37.7 Å². The molecule has 3 aromatic heterocycles. The summed E-state index contributed by atoms with van der Waals surface area (Å²) in [6, 6.07) is 18.8. The first-order chi connectivity index (χ1) is 17.7. The Morgan fingerprint density at radius 2 is 1.69 bits per heavy atom. The van der Waals surface area contributed by atoms with Crippen molar-refractivity contribution in [1.29, 1.82) is 5.26 Å². The minimum atomic E-state index is 0.668. The monoisotopic (exact) mass is 471 g/mol. The maximum atomic E-state index is 9.33. The summed E-state index contributed by atoms with van der Waals surface area (Å²) in [6.45, 7) is 1.08. The molecule has 5 nitrogen and oxygen atoms in total. The summed E-state index contributed by atoms with van der Waals surface area (Å²) in [5.41, 5.74) is 7.22. The Balaban J connectivity index is 1.36. The van der Waals surface area contributed by atoms with Crippen molar-refractivity contribution in [2.45, 2.75) is 38.6 Å². The van der Waals surface area contributed by atoms with E-state index in [-0.39, 0.29) is 0 Å². The first-order valence-corrected chi connectivity index (χ1v) is 13.1. The quantitative estimate of drug-likeness (QED) is 0.285. The fraction of sp³-hybridized carbons (Fsp3) is 0.323. The number of nitriles is 1. The molecular formula is C31H29N5. The van der Waals surface area contributed by atoms with E-state index >= 15 is 0 Å². The molecule has 3 heterocycles. The van der Waals surface area contributed by atoms with Crippen LogP contribution in [0, 0.1) is 29.1 Å². The summed E-state index contributed by atoms with van der Waals surface area (Å²) in [6.07, 6.45) is 13.3. The minimum absolute atomic E-state index is 0.668. The number of fused-ring (bicyclic) bond motifs is 4. The predicted octanol–water partition coefficient (Wildman–Crippen LogP) is 6.95. The molecule has 0 N–H and O–H groups in total. The second-order valence-electron chi connectivity index (χ2n) is 10.9. The molecule has 5 aromatic rings. The molecule has 0 saturated heterocycles. The number of pyridine rings is 1. The van der Waals surface area contributed by atoms with Gasteiger partial charge >= 0.3 is 0 Å². The second kappa shape index (κ2) is 8.34. The fourth-order valence-corrected chi connectivity index (χ4v) is 6.92. The number of hydrogen-bond acceptors (Lipinski definition) is 3. The molecule has 2 fully saturated rings. The van der Waals surface area contributed by atoms with Crippen molar-refractivity contribution in [3.63, 3.8) is 0 Å². The molecular weight excluding hydrogens is 442 g/mol. The summed E-state index contributed by atoms with van der Waals surface area (Å²) in [5, 5.41) is 16.1. The van der Waals surface area contributed by atoms with Crippen LogP contribution in [0.4, 0.5) is 0 Å². The number of hydrogen-bond donors (Lipinski definition) is 0. The van der Waals surface area contributed by atoms with Gasteiger partial charge in [-0.1, -0.05) is 31.0 Å². The van der Waals surface area contributed by atoms with Gasteiger partial charge in [-0.3, -0.25) is 9.67 Å². The summed E-state index contributed by atoms with van der Waals surface area (Å²) in [5.74, 6) is 2.65. The first kappa shape index (κ1) is 21.4. The van der Waals surface area contributed by atoms with Gasteiger partial charge in [0.15, 0.2) is 0 Å². The van der Waals surface area contributed by atoms with E-state index in [1.165, 1.54) is 43.0 Å². The van der Waals surface area contributed by atoms with Gasteiger partial charge in [-0.25, -0.2) is 0 Å². The molecule has 2 bridgehead atoms. The zero-order chi connectivity index (χ0) is 24.2. The highest BCUT2D eigenvalue weighted by molar-refractivity contribution is 6.02. The Labute approximate surface area is 211 Å². The normalized spacial score (nSPS) is 21.3. The lowest BCUT2D eigenvalue weighted by Crippen LogP contribution is -2.20. The van der Waals surface area contributed by atoms with Crippen molar-refractivity contribution in [2.75, 3.05) is 0 Å². The Kier molecular flexibility index (Phi) is 4.95.